The van der Waals surface area contributed by atoms with Gasteiger partial charge in [0.1, 0.15) is 11.9 Å². The summed E-state index contributed by atoms with van der Waals surface area (Å²) in [5.41, 5.74) is 2.23. The van der Waals surface area contributed by atoms with Gasteiger partial charge in [0.2, 0.25) is 0 Å². The van der Waals surface area contributed by atoms with Crippen molar-refractivity contribution < 1.29 is 9.53 Å². The third-order valence-electron chi connectivity index (χ3n) is 4.25. The minimum absolute atomic E-state index is 0.0373. The normalized spacial score (nSPS) is 17.5. The second kappa shape index (κ2) is 7.80. The summed E-state index contributed by atoms with van der Waals surface area (Å²) in [5, 5.41) is 0. The number of carbonyl (C=O) groups is 1. The molecule has 0 spiro atoms. The molecular formula is C19H24N4O3. The van der Waals surface area contributed by atoms with Crippen LogP contribution >= 0.6 is 0 Å². The number of hydrogen-bond acceptors (Lipinski definition) is 5. The Labute approximate surface area is 152 Å². The Kier molecular flexibility index (Phi) is 5.49. The SMILES string of the molecule is Cc1cc(=O)[nH]c(C2CN(C(=O)c3ccc(CN(C)C)cc3)CCO2)n1. The van der Waals surface area contributed by atoms with Crippen molar-refractivity contribution in [2.45, 2.75) is 19.6 Å². The van der Waals surface area contributed by atoms with Crippen LogP contribution in [0.1, 0.15) is 33.5 Å². The Morgan fingerprint density at radius 3 is 2.73 bits per heavy atom. The lowest BCUT2D eigenvalue weighted by molar-refractivity contribution is -0.0269. The Morgan fingerprint density at radius 2 is 2.08 bits per heavy atom. The van der Waals surface area contributed by atoms with Gasteiger partial charge in [-0.3, -0.25) is 9.59 Å². The highest BCUT2D eigenvalue weighted by atomic mass is 16.5. The van der Waals surface area contributed by atoms with Crippen molar-refractivity contribution in [3.8, 4) is 0 Å². The number of nitrogens with one attached hydrogen (secondary N) is 1. The van der Waals surface area contributed by atoms with Crippen molar-refractivity contribution in [1.82, 2.24) is 19.8 Å². The highest BCUT2D eigenvalue weighted by Crippen LogP contribution is 2.20. The number of morpholine rings is 1. The van der Waals surface area contributed by atoms with E-state index in [-0.39, 0.29) is 11.5 Å². The number of H-pyrrole nitrogens is 1. The number of rotatable bonds is 4. The fourth-order valence-corrected chi connectivity index (χ4v) is 3.05. The first-order valence-corrected chi connectivity index (χ1v) is 8.65. The molecule has 138 valence electrons. The average molecular weight is 356 g/mol. The fraction of sp³-hybridized carbons (Fsp3) is 0.421. The maximum absolute atomic E-state index is 12.8. The van der Waals surface area contributed by atoms with E-state index in [2.05, 4.69) is 14.9 Å². The lowest BCUT2D eigenvalue weighted by atomic mass is 10.1. The summed E-state index contributed by atoms with van der Waals surface area (Å²) in [4.78, 5) is 35.4. The van der Waals surface area contributed by atoms with Gasteiger partial charge in [0, 0.05) is 30.4 Å². The average Bonchev–Trinajstić information content (AvgIpc) is 2.60. The van der Waals surface area contributed by atoms with E-state index >= 15 is 0 Å². The Hall–Kier alpha value is -2.51. The lowest BCUT2D eigenvalue weighted by Gasteiger charge is -2.32. The molecule has 1 fully saturated rings. The van der Waals surface area contributed by atoms with E-state index in [1.54, 1.807) is 11.8 Å². The van der Waals surface area contributed by atoms with Crippen molar-refractivity contribution in [3.05, 3.63) is 63.3 Å². The fourth-order valence-electron chi connectivity index (χ4n) is 3.05. The number of aromatic amines is 1. The minimum atomic E-state index is -0.423. The van der Waals surface area contributed by atoms with Crippen LogP contribution < -0.4 is 5.56 Å². The second-order valence-electron chi connectivity index (χ2n) is 6.82. The number of benzene rings is 1. The molecule has 26 heavy (non-hydrogen) atoms. The molecule has 1 atom stereocenters. The Bertz CT molecular complexity index is 829. The summed E-state index contributed by atoms with van der Waals surface area (Å²) in [6, 6.07) is 9.11. The number of ether oxygens (including phenoxy) is 1. The number of aryl methyl sites for hydroxylation is 1. The summed E-state index contributed by atoms with van der Waals surface area (Å²) < 4.78 is 5.72. The molecule has 3 rings (SSSR count). The molecule has 2 aromatic rings. The molecule has 7 heteroatoms. The maximum Gasteiger partial charge on any atom is 0.254 e. The van der Waals surface area contributed by atoms with Gasteiger partial charge in [0.05, 0.1) is 13.2 Å². The second-order valence-corrected chi connectivity index (χ2v) is 6.82. The molecule has 0 aliphatic carbocycles. The number of aromatic nitrogens is 2. The van der Waals surface area contributed by atoms with Crippen molar-refractivity contribution in [2.75, 3.05) is 33.8 Å². The van der Waals surface area contributed by atoms with Gasteiger partial charge in [-0.15, -0.1) is 0 Å². The molecule has 1 N–H and O–H groups in total. The van der Waals surface area contributed by atoms with Gasteiger partial charge in [-0.25, -0.2) is 4.98 Å². The minimum Gasteiger partial charge on any atom is -0.367 e. The lowest BCUT2D eigenvalue weighted by Crippen LogP contribution is -2.43. The molecule has 1 aromatic carbocycles. The topological polar surface area (TPSA) is 78.5 Å². The van der Waals surface area contributed by atoms with Crippen LogP contribution in [0.3, 0.4) is 0 Å². The molecule has 1 saturated heterocycles. The van der Waals surface area contributed by atoms with Crippen LogP contribution in [-0.4, -0.2) is 59.5 Å². The van der Waals surface area contributed by atoms with Gasteiger partial charge < -0.3 is 19.5 Å². The zero-order chi connectivity index (χ0) is 18.7. The molecule has 0 saturated carbocycles. The number of amides is 1. The van der Waals surface area contributed by atoms with Gasteiger partial charge in [-0.2, -0.15) is 0 Å². The summed E-state index contributed by atoms with van der Waals surface area (Å²) in [5.74, 6) is 0.429. The van der Waals surface area contributed by atoms with Crippen LogP contribution in [0.2, 0.25) is 0 Å². The number of nitrogens with zero attached hydrogens (tertiary/aromatic N) is 3. The van der Waals surface area contributed by atoms with E-state index < -0.39 is 6.10 Å². The molecule has 1 amide bonds. The third-order valence-corrected chi connectivity index (χ3v) is 4.25. The predicted octanol–water partition coefficient (Wildman–Crippen LogP) is 1.35. The van der Waals surface area contributed by atoms with Crippen LogP contribution in [0.15, 0.2) is 35.1 Å². The zero-order valence-corrected chi connectivity index (χ0v) is 15.4. The van der Waals surface area contributed by atoms with Gasteiger partial charge in [0.15, 0.2) is 0 Å². The molecule has 7 nitrogen and oxygen atoms in total. The first-order chi connectivity index (χ1) is 12.4. The van der Waals surface area contributed by atoms with Crippen LogP contribution in [0.25, 0.3) is 0 Å². The standard InChI is InChI=1S/C19H24N4O3/c1-13-10-17(24)21-18(20-13)16-12-23(8-9-26-16)19(25)15-6-4-14(5-7-15)11-22(2)3/h4-7,10,16H,8-9,11-12H2,1-3H3,(H,20,21,24). The van der Waals surface area contributed by atoms with Crippen LogP contribution in [-0.2, 0) is 11.3 Å². The number of hydrogen-bond donors (Lipinski definition) is 1. The highest BCUT2D eigenvalue weighted by molar-refractivity contribution is 5.94. The molecule has 1 aliphatic rings. The molecule has 1 aliphatic heterocycles. The van der Waals surface area contributed by atoms with E-state index in [9.17, 15) is 9.59 Å². The van der Waals surface area contributed by atoms with E-state index in [1.807, 2.05) is 38.4 Å². The number of carbonyl (C=O) groups excluding carboxylic acids is 1. The molecule has 1 aromatic heterocycles. The summed E-state index contributed by atoms with van der Waals surface area (Å²) in [6.07, 6.45) is -0.423. The van der Waals surface area contributed by atoms with Gasteiger partial charge in [-0.05, 0) is 38.7 Å². The molecule has 1 unspecified atom stereocenters. The predicted molar refractivity (Wildman–Crippen MR) is 98.0 cm³/mol. The molecular weight excluding hydrogens is 332 g/mol. The first-order valence-electron chi connectivity index (χ1n) is 8.65. The van der Waals surface area contributed by atoms with E-state index in [4.69, 9.17) is 4.74 Å². The smallest absolute Gasteiger partial charge is 0.254 e. The summed E-state index contributed by atoms with van der Waals surface area (Å²) >= 11 is 0. The zero-order valence-electron chi connectivity index (χ0n) is 15.4. The van der Waals surface area contributed by atoms with Crippen molar-refractivity contribution in [3.63, 3.8) is 0 Å². The van der Waals surface area contributed by atoms with Gasteiger partial charge in [0.25, 0.3) is 11.5 Å². The maximum atomic E-state index is 12.8. The molecule has 0 radical (unpaired) electrons. The summed E-state index contributed by atoms with van der Waals surface area (Å²) in [6.45, 7) is 3.89. The highest BCUT2D eigenvalue weighted by Gasteiger charge is 2.27. The van der Waals surface area contributed by atoms with Crippen molar-refractivity contribution in [1.29, 1.82) is 0 Å². The monoisotopic (exact) mass is 356 g/mol. The quantitative estimate of drug-likeness (QED) is 0.895. The Balaban J connectivity index is 1.72. The van der Waals surface area contributed by atoms with Crippen molar-refractivity contribution in [2.24, 2.45) is 0 Å². The van der Waals surface area contributed by atoms with Gasteiger partial charge >= 0.3 is 0 Å². The van der Waals surface area contributed by atoms with E-state index in [0.29, 0.717) is 36.8 Å². The third kappa shape index (κ3) is 4.36. The van der Waals surface area contributed by atoms with Gasteiger partial charge in [-0.1, -0.05) is 12.1 Å². The van der Waals surface area contributed by atoms with E-state index in [1.165, 1.54) is 6.07 Å². The van der Waals surface area contributed by atoms with Crippen LogP contribution in [0, 0.1) is 6.92 Å². The van der Waals surface area contributed by atoms with Crippen molar-refractivity contribution >= 4 is 5.91 Å². The molecule has 0 bridgehead atoms. The van der Waals surface area contributed by atoms with Crippen LogP contribution in [0.4, 0.5) is 0 Å². The Morgan fingerprint density at radius 1 is 1.35 bits per heavy atom. The first kappa shape index (κ1) is 18.3. The molecule has 2 heterocycles. The van der Waals surface area contributed by atoms with Crippen LogP contribution in [0.5, 0.6) is 0 Å². The summed E-state index contributed by atoms with van der Waals surface area (Å²) in [7, 11) is 4.02. The largest absolute Gasteiger partial charge is 0.367 e. The van der Waals surface area contributed by atoms with E-state index in [0.717, 1.165) is 12.1 Å².